The van der Waals surface area contributed by atoms with Gasteiger partial charge in [-0.2, -0.15) is 0 Å². The van der Waals surface area contributed by atoms with Crippen LogP contribution in [-0.4, -0.2) is 55.0 Å². The van der Waals surface area contributed by atoms with Crippen LogP contribution in [0.1, 0.15) is 78.1 Å². The summed E-state index contributed by atoms with van der Waals surface area (Å²) in [5, 5.41) is 0. The van der Waals surface area contributed by atoms with E-state index in [2.05, 4.69) is 21.9 Å². The summed E-state index contributed by atoms with van der Waals surface area (Å²) in [6, 6.07) is 0. The summed E-state index contributed by atoms with van der Waals surface area (Å²) in [5.41, 5.74) is 6.93. The molecule has 0 saturated heterocycles. The number of nitrogens with two attached hydrogens (primary N) is 1. The lowest BCUT2D eigenvalue weighted by Gasteiger charge is -2.17. The van der Waals surface area contributed by atoms with Gasteiger partial charge in [-0.1, -0.05) is 86.3 Å². The fourth-order valence-corrected chi connectivity index (χ4v) is 6.59. The molecule has 1 unspecified atom stereocenters. The Kier molecular flexibility index (Phi) is 17.7. The third kappa shape index (κ3) is 13.6. The van der Waals surface area contributed by atoms with Crippen molar-refractivity contribution in [1.82, 2.24) is 25.7 Å². The first kappa shape index (κ1) is 33.1. The van der Waals surface area contributed by atoms with Gasteiger partial charge in [0.05, 0.1) is 25.6 Å². The van der Waals surface area contributed by atoms with E-state index in [1.807, 2.05) is 17.7 Å². The molecule has 2 atom stereocenters. The average molecular weight is 565 g/mol. The van der Waals surface area contributed by atoms with Gasteiger partial charge in [-0.25, -0.2) is 15.0 Å². The molecule has 0 aliphatic rings. The Hall–Kier alpha value is -0.880. The first-order chi connectivity index (χ1) is 16.9. The molecular weight excluding hydrogens is 519 g/mol. The van der Waals surface area contributed by atoms with Crippen molar-refractivity contribution in [1.29, 1.82) is 0 Å². The van der Waals surface area contributed by atoms with E-state index in [4.69, 9.17) is 15.0 Å². The molecule has 2 heterocycles. The van der Waals surface area contributed by atoms with E-state index in [-0.39, 0.29) is 25.2 Å². The normalized spacial score (nSPS) is 14.0. The zero-order valence-corrected chi connectivity index (χ0v) is 24.4. The SMILES string of the molecule is CCCCCCCCCCCCSSCCOP(=O)(O)CO[C@H](C)Cn1cnc2c(N)ncnc21.N. The Bertz CT molecular complexity index is 891. The highest BCUT2D eigenvalue weighted by molar-refractivity contribution is 8.76. The lowest BCUT2D eigenvalue weighted by molar-refractivity contribution is 0.0724. The highest BCUT2D eigenvalue weighted by Gasteiger charge is 2.21. The molecule has 0 radical (unpaired) electrons. The molecule has 0 aliphatic heterocycles. The van der Waals surface area contributed by atoms with Crippen molar-refractivity contribution in [3.8, 4) is 0 Å². The van der Waals surface area contributed by atoms with Crippen molar-refractivity contribution in [2.75, 3.05) is 30.2 Å². The van der Waals surface area contributed by atoms with Crippen LogP contribution in [0.5, 0.6) is 0 Å². The second-order valence-electron chi connectivity index (χ2n) is 8.73. The molecule has 2 rings (SSSR count). The number of ether oxygens (including phenoxy) is 1. The smallest absolute Gasteiger partial charge is 0.353 e. The van der Waals surface area contributed by atoms with Gasteiger partial charge in [0, 0.05) is 11.5 Å². The molecule has 208 valence electrons. The molecule has 36 heavy (non-hydrogen) atoms. The van der Waals surface area contributed by atoms with E-state index in [9.17, 15) is 9.46 Å². The molecule has 13 heteroatoms. The van der Waals surface area contributed by atoms with Crippen LogP contribution in [-0.2, 0) is 20.4 Å². The van der Waals surface area contributed by atoms with Crippen molar-refractivity contribution < 1.29 is 18.7 Å². The highest BCUT2D eigenvalue weighted by atomic mass is 33.1. The van der Waals surface area contributed by atoms with Crippen LogP contribution in [0.4, 0.5) is 5.82 Å². The molecule has 0 bridgehead atoms. The van der Waals surface area contributed by atoms with Gasteiger partial charge in [0.25, 0.3) is 0 Å². The van der Waals surface area contributed by atoms with Crippen molar-refractivity contribution in [3.05, 3.63) is 12.7 Å². The summed E-state index contributed by atoms with van der Waals surface area (Å²) < 4.78 is 24.8. The second-order valence-corrected chi connectivity index (χ2v) is 13.2. The third-order valence-corrected chi connectivity index (χ3v) is 9.05. The molecule has 10 nitrogen and oxygen atoms in total. The summed E-state index contributed by atoms with van der Waals surface area (Å²) in [7, 11) is -0.296. The Balaban J connectivity index is 0.00000648. The lowest BCUT2D eigenvalue weighted by Crippen LogP contribution is -2.17. The highest BCUT2D eigenvalue weighted by Crippen LogP contribution is 2.42. The maximum absolute atomic E-state index is 12.2. The Morgan fingerprint density at radius 3 is 2.36 bits per heavy atom. The van der Waals surface area contributed by atoms with E-state index in [1.165, 1.54) is 70.5 Å². The van der Waals surface area contributed by atoms with Crippen LogP contribution in [0.3, 0.4) is 0 Å². The van der Waals surface area contributed by atoms with Crippen LogP contribution in [0, 0.1) is 0 Å². The van der Waals surface area contributed by atoms with E-state index in [0.29, 0.717) is 29.3 Å². The standard InChI is InChI=1S/C23H42N5O4PS2.H3N/c1-3-4-5-6-7-8-9-10-11-12-14-34-35-15-13-32-33(29,30)19-31-20(2)16-28-18-27-21-22(24)25-17-26-23(21)28;/h17-18,20H,3-16,19H2,1-2H3,(H,29,30)(H2,24,25,26);1H3/t20-;/m1./s1. The molecule has 2 aromatic rings. The van der Waals surface area contributed by atoms with Crippen LogP contribution in [0.15, 0.2) is 12.7 Å². The quantitative estimate of drug-likeness (QED) is 0.0869. The Morgan fingerprint density at radius 2 is 1.67 bits per heavy atom. The Morgan fingerprint density at radius 1 is 1.03 bits per heavy atom. The lowest BCUT2D eigenvalue weighted by atomic mass is 10.1. The number of rotatable bonds is 21. The van der Waals surface area contributed by atoms with Crippen LogP contribution in [0.25, 0.3) is 11.2 Å². The van der Waals surface area contributed by atoms with Gasteiger partial charge >= 0.3 is 7.60 Å². The van der Waals surface area contributed by atoms with E-state index >= 15 is 0 Å². The maximum atomic E-state index is 12.2. The second kappa shape index (κ2) is 19.2. The van der Waals surface area contributed by atoms with Gasteiger partial charge in [0.2, 0.25) is 0 Å². The molecular formula is C23H45N6O4PS2. The molecule has 6 N–H and O–H groups in total. The summed E-state index contributed by atoms with van der Waals surface area (Å²) in [5.74, 6) is 2.10. The minimum atomic E-state index is -3.79. The van der Waals surface area contributed by atoms with Gasteiger partial charge in [-0.3, -0.25) is 4.57 Å². The van der Waals surface area contributed by atoms with Crippen molar-refractivity contribution >= 4 is 46.2 Å². The largest absolute Gasteiger partial charge is 0.382 e. The minimum Gasteiger partial charge on any atom is -0.382 e. The first-order valence-corrected chi connectivity index (χ1v) is 16.9. The summed E-state index contributed by atoms with van der Waals surface area (Å²) in [6.07, 6.45) is 15.7. The topological polar surface area (TPSA) is 160 Å². The zero-order chi connectivity index (χ0) is 25.4. The average Bonchev–Trinajstić information content (AvgIpc) is 3.24. The molecule has 0 aromatic carbocycles. The van der Waals surface area contributed by atoms with Gasteiger partial charge in [0.15, 0.2) is 11.5 Å². The van der Waals surface area contributed by atoms with E-state index in [1.54, 1.807) is 21.7 Å². The van der Waals surface area contributed by atoms with Crippen LogP contribution < -0.4 is 11.9 Å². The third-order valence-electron chi connectivity index (χ3n) is 5.53. The first-order valence-electron chi connectivity index (χ1n) is 12.7. The number of imidazole rings is 1. The molecule has 0 amide bonds. The number of unbranched alkanes of at least 4 members (excludes halogenated alkanes) is 9. The predicted octanol–water partition coefficient (Wildman–Crippen LogP) is 6.44. The molecule has 0 saturated carbocycles. The monoisotopic (exact) mass is 564 g/mol. The molecule has 2 aromatic heterocycles. The van der Waals surface area contributed by atoms with E-state index in [0.717, 1.165) is 5.75 Å². The summed E-state index contributed by atoms with van der Waals surface area (Å²) in [6.45, 7) is 4.71. The van der Waals surface area contributed by atoms with Crippen molar-refractivity contribution in [3.63, 3.8) is 0 Å². The minimum absolute atomic E-state index is 0. The fraction of sp³-hybridized carbons (Fsp3) is 0.783. The van der Waals surface area contributed by atoms with Crippen LogP contribution in [0.2, 0.25) is 0 Å². The van der Waals surface area contributed by atoms with Crippen molar-refractivity contribution in [2.45, 2.75) is 90.7 Å². The number of hydrogen-bond acceptors (Lipinski definition) is 10. The van der Waals surface area contributed by atoms with E-state index < -0.39 is 7.60 Å². The summed E-state index contributed by atoms with van der Waals surface area (Å²) in [4.78, 5) is 22.4. The maximum Gasteiger partial charge on any atom is 0.353 e. The van der Waals surface area contributed by atoms with Gasteiger partial charge < -0.3 is 30.6 Å². The molecule has 0 aliphatic carbocycles. The van der Waals surface area contributed by atoms with Crippen LogP contribution >= 0.6 is 29.2 Å². The fourth-order valence-electron chi connectivity index (χ4n) is 3.60. The van der Waals surface area contributed by atoms with Gasteiger partial charge in [-0.05, 0) is 13.3 Å². The van der Waals surface area contributed by atoms with Gasteiger partial charge in [-0.15, -0.1) is 0 Å². The Labute approximate surface area is 223 Å². The zero-order valence-electron chi connectivity index (χ0n) is 21.8. The number of hydrogen-bond donors (Lipinski definition) is 3. The molecule has 0 fully saturated rings. The number of aromatic nitrogens is 4. The number of nitrogen functional groups attached to an aromatic ring is 1. The number of nitrogens with zero attached hydrogens (tertiary/aromatic N) is 4. The number of anilines is 1. The molecule has 0 spiro atoms. The van der Waals surface area contributed by atoms with Gasteiger partial charge in [0.1, 0.15) is 18.2 Å². The summed E-state index contributed by atoms with van der Waals surface area (Å²) >= 11 is 0. The van der Waals surface area contributed by atoms with Crippen molar-refractivity contribution in [2.24, 2.45) is 0 Å². The number of fused-ring (bicyclic) bond motifs is 1. The predicted molar refractivity (Wildman–Crippen MR) is 153 cm³/mol.